The van der Waals surface area contributed by atoms with Gasteiger partial charge in [-0.1, -0.05) is 6.92 Å². The lowest BCUT2D eigenvalue weighted by Crippen LogP contribution is -2.29. The van der Waals surface area contributed by atoms with Gasteiger partial charge in [-0.15, -0.1) is 0 Å². The van der Waals surface area contributed by atoms with Gasteiger partial charge in [-0.2, -0.15) is 0 Å². The van der Waals surface area contributed by atoms with Gasteiger partial charge in [0, 0.05) is 32.9 Å². The Labute approximate surface area is 125 Å². The second kappa shape index (κ2) is 8.24. The number of pyridine rings is 1. The number of carbonyl (C=O) groups excluding carboxylic acids is 1. The molecule has 0 atom stereocenters. The first-order valence-electron chi connectivity index (χ1n) is 7.17. The molecule has 0 saturated carbocycles. The van der Waals surface area contributed by atoms with Gasteiger partial charge in [-0.3, -0.25) is 9.59 Å². The molecule has 0 spiro atoms. The average Bonchev–Trinajstić information content (AvgIpc) is 2.49. The zero-order valence-electron chi connectivity index (χ0n) is 12.9. The quantitative estimate of drug-likeness (QED) is 0.792. The van der Waals surface area contributed by atoms with Gasteiger partial charge in [0.1, 0.15) is 5.82 Å². The molecule has 0 aliphatic rings. The lowest BCUT2D eigenvalue weighted by atomic mass is 10.2. The van der Waals surface area contributed by atoms with E-state index in [9.17, 15) is 9.59 Å². The van der Waals surface area contributed by atoms with Crippen molar-refractivity contribution in [2.24, 2.45) is 0 Å². The highest BCUT2D eigenvalue weighted by Crippen LogP contribution is 2.12. The summed E-state index contributed by atoms with van der Waals surface area (Å²) in [4.78, 5) is 30.5. The van der Waals surface area contributed by atoms with Crippen molar-refractivity contribution < 1.29 is 14.7 Å². The minimum Gasteiger partial charge on any atom is -0.481 e. The van der Waals surface area contributed by atoms with Crippen molar-refractivity contribution in [2.45, 2.75) is 26.7 Å². The number of hydrogen-bond acceptors (Lipinski definition) is 4. The van der Waals surface area contributed by atoms with Crippen LogP contribution in [0.5, 0.6) is 0 Å². The number of anilines is 1. The molecule has 0 aliphatic heterocycles. The summed E-state index contributed by atoms with van der Waals surface area (Å²) >= 11 is 0. The van der Waals surface area contributed by atoms with E-state index in [2.05, 4.69) is 23.7 Å². The van der Waals surface area contributed by atoms with Crippen LogP contribution in [-0.2, 0) is 4.79 Å². The molecule has 0 aromatic carbocycles. The molecule has 0 saturated heterocycles. The molecule has 1 heterocycles. The second-order valence-electron chi connectivity index (χ2n) is 4.86. The Bertz CT molecular complexity index is 474. The highest BCUT2D eigenvalue weighted by molar-refractivity contribution is 5.94. The summed E-state index contributed by atoms with van der Waals surface area (Å²) in [7, 11) is 1.59. The normalized spacial score (nSPS) is 10.2. The third-order valence-corrected chi connectivity index (χ3v) is 3.20. The van der Waals surface area contributed by atoms with Gasteiger partial charge in [0.2, 0.25) is 0 Å². The number of carboxylic acid groups (broad SMARTS) is 1. The number of nitrogens with zero attached hydrogens (tertiary/aromatic N) is 3. The van der Waals surface area contributed by atoms with Crippen molar-refractivity contribution in [3.05, 3.63) is 23.9 Å². The van der Waals surface area contributed by atoms with Gasteiger partial charge < -0.3 is 14.9 Å². The fraction of sp³-hybridized carbons (Fsp3) is 0.533. The summed E-state index contributed by atoms with van der Waals surface area (Å²) in [6, 6.07) is 3.57. The van der Waals surface area contributed by atoms with Crippen LogP contribution in [0, 0.1) is 0 Å². The van der Waals surface area contributed by atoms with E-state index >= 15 is 0 Å². The lowest BCUT2D eigenvalue weighted by molar-refractivity contribution is -0.137. The maximum Gasteiger partial charge on any atom is 0.305 e. The average molecular weight is 293 g/mol. The molecule has 1 N–H and O–H groups in total. The zero-order valence-corrected chi connectivity index (χ0v) is 12.9. The molecule has 116 valence electrons. The molecule has 1 rings (SSSR count). The smallest absolute Gasteiger partial charge is 0.305 e. The number of hydrogen-bond donors (Lipinski definition) is 1. The van der Waals surface area contributed by atoms with Crippen molar-refractivity contribution in [1.29, 1.82) is 0 Å². The predicted octanol–water partition coefficient (Wildman–Crippen LogP) is 1.86. The van der Waals surface area contributed by atoms with Crippen LogP contribution in [0.4, 0.5) is 5.82 Å². The number of amides is 1. The zero-order chi connectivity index (χ0) is 15.8. The molecule has 1 aromatic heterocycles. The van der Waals surface area contributed by atoms with E-state index in [0.717, 1.165) is 25.3 Å². The maximum atomic E-state index is 12.1. The summed E-state index contributed by atoms with van der Waals surface area (Å²) in [5.41, 5.74) is 0.471. The van der Waals surface area contributed by atoms with Gasteiger partial charge in [-0.05, 0) is 25.5 Å². The van der Waals surface area contributed by atoms with E-state index in [1.54, 1.807) is 19.3 Å². The van der Waals surface area contributed by atoms with Crippen LogP contribution < -0.4 is 4.90 Å². The summed E-state index contributed by atoms with van der Waals surface area (Å²) in [6.45, 7) is 6.16. The minimum absolute atomic E-state index is 0.0616. The number of rotatable bonds is 8. The molecule has 0 fully saturated rings. The Kier molecular flexibility index (Phi) is 6.65. The topological polar surface area (TPSA) is 73.7 Å². The fourth-order valence-electron chi connectivity index (χ4n) is 1.99. The Hall–Kier alpha value is -2.11. The van der Waals surface area contributed by atoms with Crippen molar-refractivity contribution in [3.63, 3.8) is 0 Å². The number of carboxylic acids is 1. The highest BCUT2D eigenvalue weighted by atomic mass is 16.4. The number of carbonyl (C=O) groups is 2. The van der Waals surface area contributed by atoms with Gasteiger partial charge in [-0.25, -0.2) is 4.98 Å². The van der Waals surface area contributed by atoms with Crippen molar-refractivity contribution in [1.82, 2.24) is 9.88 Å². The molecule has 0 unspecified atom stereocenters. The minimum atomic E-state index is -0.915. The molecule has 0 aliphatic carbocycles. The first kappa shape index (κ1) is 16.9. The number of aromatic nitrogens is 1. The molecule has 0 bridgehead atoms. The van der Waals surface area contributed by atoms with Crippen molar-refractivity contribution >= 4 is 17.7 Å². The summed E-state index contributed by atoms with van der Waals surface area (Å²) in [6.07, 6.45) is 2.52. The van der Waals surface area contributed by atoms with Crippen LogP contribution in [0.15, 0.2) is 18.3 Å². The lowest BCUT2D eigenvalue weighted by Gasteiger charge is -2.21. The Morgan fingerprint density at radius 2 is 1.95 bits per heavy atom. The largest absolute Gasteiger partial charge is 0.481 e. The van der Waals surface area contributed by atoms with Gasteiger partial charge in [0.25, 0.3) is 5.91 Å². The molecule has 0 radical (unpaired) electrons. The molecule has 6 heteroatoms. The van der Waals surface area contributed by atoms with E-state index in [0.29, 0.717) is 5.56 Å². The highest BCUT2D eigenvalue weighted by Gasteiger charge is 2.14. The van der Waals surface area contributed by atoms with Crippen molar-refractivity contribution in [2.75, 3.05) is 31.6 Å². The maximum absolute atomic E-state index is 12.1. The van der Waals surface area contributed by atoms with E-state index in [1.807, 2.05) is 6.07 Å². The van der Waals surface area contributed by atoms with E-state index in [-0.39, 0.29) is 18.9 Å². The van der Waals surface area contributed by atoms with Crippen LogP contribution in [0.2, 0.25) is 0 Å². The summed E-state index contributed by atoms with van der Waals surface area (Å²) < 4.78 is 0. The summed E-state index contributed by atoms with van der Waals surface area (Å²) in [5, 5.41) is 8.63. The van der Waals surface area contributed by atoms with E-state index in [4.69, 9.17) is 5.11 Å². The molecular weight excluding hydrogens is 270 g/mol. The predicted molar refractivity (Wildman–Crippen MR) is 81.6 cm³/mol. The van der Waals surface area contributed by atoms with E-state index < -0.39 is 5.97 Å². The molecule has 1 amide bonds. The summed E-state index contributed by atoms with van der Waals surface area (Å²) in [5.74, 6) is -0.279. The van der Waals surface area contributed by atoms with Crippen LogP contribution in [0.3, 0.4) is 0 Å². The molecule has 21 heavy (non-hydrogen) atoms. The Balaban J connectivity index is 2.72. The fourth-order valence-corrected chi connectivity index (χ4v) is 1.99. The Morgan fingerprint density at radius 3 is 2.43 bits per heavy atom. The van der Waals surface area contributed by atoms with E-state index in [1.165, 1.54) is 4.90 Å². The third kappa shape index (κ3) is 5.06. The van der Waals surface area contributed by atoms with Gasteiger partial charge in [0.15, 0.2) is 0 Å². The standard InChI is InChI=1S/C15H23N3O3/c1-4-9-18(5-2)13-7-6-12(11-16-13)15(21)17(3)10-8-14(19)20/h6-7,11H,4-5,8-10H2,1-3H3,(H,19,20). The SMILES string of the molecule is CCCN(CC)c1ccc(C(=O)N(C)CCC(=O)O)cn1. The van der Waals surface area contributed by atoms with Crippen molar-refractivity contribution in [3.8, 4) is 0 Å². The Morgan fingerprint density at radius 1 is 1.24 bits per heavy atom. The first-order chi connectivity index (χ1) is 9.99. The van der Waals surface area contributed by atoms with Crippen LogP contribution in [0.1, 0.15) is 37.0 Å². The number of aliphatic carboxylic acids is 1. The molecule has 6 nitrogen and oxygen atoms in total. The molecular formula is C15H23N3O3. The van der Waals surface area contributed by atoms with Crippen LogP contribution in [0.25, 0.3) is 0 Å². The third-order valence-electron chi connectivity index (χ3n) is 3.20. The first-order valence-corrected chi connectivity index (χ1v) is 7.17. The second-order valence-corrected chi connectivity index (χ2v) is 4.86. The monoisotopic (exact) mass is 293 g/mol. The van der Waals surface area contributed by atoms with Gasteiger partial charge >= 0.3 is 5.97 Å². The van der Waals surface area contributed by atoms with Crippen LogP contribution in [-0.4, -0.2) is 53.5 Å². The van der Waals surface area contributed by atoms with Gasteiger partial charge in [0.05, 0.1) is 12.0 Å². The van der Waals surface area contributed by atoms with Crippen LogP contribution >= 0.6 is 0 Å². The molecule has 1 aromatic rings.